The van der Waals surface area contributed by atoms with Crippen LogP contribution in [0.2, 0.25) is 0 Å². The fourth-order valence-corrected chi connectivity index (χ4v) is 5.01. The van der Waals surface area contributed by atoms with Crippen LogP contribution in [0.1, 0.15) is 60.3 Å². The predicted octanol–water partition coefficient (Wildman–Crippen LogP) is -0.280. The molecule has 2 aliphatic rings. The molecule has 8 unspecified atom stereocenters. The second-order valence-electron chi connectivity index (χ2n) is 11.2. The van der Waals surface area contributed by atoms with Crippen LogP contribution < -0.4 is 0 Å². The summed E-state index contributed by atoms with van der Waals surface area (Å²) in [5.74, 6) is -6.29. The number of hydrogen-bond acceptors (Lipinski definition) is 10. The molecule has 0 aliphatic carbocycles. The normalized spacial score (nSPS) is 39.4. The molecule has 7 N–H and O–H groups in total. The van der Waals surface area contributed by atoms with Gasteiger partial charge < -0.3 is 50.0 Å². The van der Waals surface area contributed by atoms with Gasteiger partial charge in [-0.25, -0.2) is 9.59 Å². The highest BCUT2D eigenvalue weighted by molar-refractivity contribution is 5.79. The van der Waals surface area contributed by atoms with Crippen molar-refractivity contribution in [3.05, 3.63) is 0 Å². The van der Waals surface area contributed by atoms with Crippen molar-refractivity contribution in [3.63, 3.8) is 0 Å². The Morgan fingerprint density at radius 2 is 1.44 bits per heavy atom. The summed E-state index contributed by atoms with van der Waals surface area (Å²) in [6.07, 6.45) is -7.44. The summed E-state index contributed by atoms with van der Waals surface area (Å²) in [5, 5.41) is 70.4. The molecule has 0 aromatic rings. The number of hydrogen-bond donors (Lipinski definition) is 7. The fraction of sp³-hybridized carbons (Fsp3) is 0.917. The monoisotopic (exact) mass is 522 g/mol. The van der Waals surface area contributed by atoms with Gasteiger partial charge in [-0.05, 0) is 0 Å². The molecule has 10 atom stereocenters. The molecule has 2 aliphatic heterocycles. The average molecular weight is 523 g/mol. The second kappa shape index (κ2) is 11.6. The highest BCUT2D eigenvalue weighted by atomic mass is 16.7. The largest absolute Gasteiger partial charge is 0.479 e. The third-order valence-corrected chi connectivity index (χ3v) is 7.71. The molecule has 0 saturated carbocycles. The topological polar surface area (TPSA) is 203 Å². The van der Waals surface area contributed by atoms with E-state index < -0.39 is 96.8 Å². The van der Waals surface area contributed by atoms with Gasteiger partial charge in [-0.15, -0.1) is 0 Å². The molecule has 2 heterocycles. The van der Waals surface area contributed by atoms with Crippen molar-refractivity contribution >= 4 is 11.9 Å². The van der Waals surface area contributed by atoms with E-state index in [1.807, 2.05) is 0 Å². The zero-order valence-electron chi connectivity index (χ0n) is 21.5. The SMILES string of the molecule is CC1C(O)CC(O[C@@H](CO)CC2OC(C(=O)O)(C(C)(C)C)CC(O)C2C)(C(=O)O)OC1C[C@H](O)CO. The summed E-state index contributed by atoms with van der Waals surface area (Å²) in [5.41, 5.74) is -2.63. The summed E-state index contributed by atoms with van der Waals surface area (Å²) in [6, 6.07) is 0. The lowest BCUT2D eigenvalue weighted by Crippen LogP contribution is -2.62. The first-order chi connectivity index (χ1) is 16.5. The van der Waals surface area contributed by atoms with Crippen LogP contribution in [0.3, 0.4) is 0 Å². The van der Waals surface area contributed by atoms with Gasteiger partial charge in [-0.1, -0.05) is 34.6 Å². The van der Waals surface area contributed by atoms with Gasteiger partial charge in [0.15, 0.2) is 5.60 Å². The van der Waals surface area contributed by atoms with Gasteiger partial charge in [-0.2, -0.15) is 0 Å². The van der Waals surface area contributed by atoms with Crippen molar-refractivity contribution in [2.75, 3.05) is 13.2 Å². The lowest BCUT2D eigenvalue weighted by Gasteiger charge is -2.51. The number of aliphatic hydroxyl groups is 5. The first-order valence-electron chi connectivity index (χ1n) is 12.3. The molecule has 0 spiro atoms. The maximum absolute atomic E-state index is 12.3. The van der Waals surface area contributed by atoms with E-state index in [4.69, 9.17) is 14.2 Å². The summed E-state index contributed by atoms with van der Waals surface area (Å²) < 4.78 is 17.6. The fourth-order valence-electron chi connectivity index (χ4n) is 5.01. The van der Waals surface area contributed by atoms with Crippen molar-refractivity contribution < 1.29 is 59.5 Å². The maximum Gasteiger partial charge on any atom is 0.364 e. The second-order valence-corrected chi connectivity index (χ2v) is 11.2. The molecule has 12 nitrogen and oxygen atoms in total. The Morgan fingerprint density at radius 3 is 1.89 bits per heavy atom. The van der Waals surface area contributed by atoms with Crippen molar-refractivity contribution in [2.45, 2.75) is 108 Å². The number of carbonyl (C=O) groups is 2. The minimum atomic E-state index is -2.37. The van der Waals surface area contributed by atoms with E-state index in [-0.39, 0.29) is 19.3 Å². The van der Waals surface area contributed by atoms with E-state index in [1.54, 1.807) is 34.6 Å². The Bertz CT molecular complexity index is 769. The van der Waals surface area contributed by atoms with Gasteiger partial charge in [0.1, 0.15) is 0 Å². The van der Waals surface area contributed by atoms with Gasteiger partial charge in [-0.3, -0.25) is 0 Å². The van der Waals surface area contributed by atoms with Crippen LogP contribution in [-0.4, -0.2) is 109 Å². The molecule has 0 aromatic carbocycles. The zero-order chi connectivity index (χ0) is 27.6. The molecule has 2 saturated heterocycles. The van der Waals surface area contributed by atoms with Crippen LogP contribution in [0.5, 0.6) is 0 Å². The van der Waals surface area contributed by atoms with Crippen LogP contribution in [0.4, 0.5) is 0 Å². The van der Waals surface area contributed by atoms with Gasteiger partial charge in [0.05, 0.1) is 49.8 Å². The molecule has 2 rings (SSSR count). The van der Waals surface area contributed by atoms with E-state index in [1.165, 1.54) is 0 Å². The Morgan fingerprint density at radius 1 is 0.917 bits per heavy atom. The zero-order valence-corrected chi connectivity index (χ0v) is 21.5. The third kappa shape index (κ3) is 6.18. The lowest BCUT2D eigenvalue weighted by atomic mass is 9.69. The van der Waals surface area contributed by atoms with Gasteiger partial charge in [0.25, 0.3) is 5.79 Å². The Kier molecular flexibility index (Phi) is 9.91. The Labute approximate surface area is 210 Å². The molecule has 2 fully saturated rings. The molecule has 0 bridgehead atoms. The van der Waals surface area contributed by atoms with Crippen molar-refractivity contribution in [3.8, 4) is 0 Å². The van der Waals surface area contributed by atoms with E-state index in [9.17, 15) is 45.3 Å². The summed E-state index contributed by atoms with van der Waals surface area (Å²) in [7, 11) is 0. The van der Waals surface area contributed by atoms with Crippen LogP contribution in [0.25, 0.3) is 0 Å². The highest BCUT2D eigenvalue weighted by Gasteiger charge is 2.58. The van der Waals surface area contributed by atoms with Crippen molar-refractivity contribution in [1.82, 2.24) is 0 Å². The highest BCUT2D eigenvalue weighted by Crippen LogP contribution is 2.46. The lowest BCUT2D eigenvalue weighted by molar-refractivity contribution is -0.323. The Hall–Kier alpha value is -1.38. The molecular weight excluding hydrogens is 480 g/mol. The molecule has 12 heteroatoms. The number of rotatable bonds is 10. The van der Waals surface area contributed by atoms with Gasteiger partial charge >= 0.3 is 11.9 Å². The number of aliphatic carboxylic acids is 2. The smallest absolute Gasteiger partial charge is 0.364 e. The van der Waals surface area contributed by atoms with Crippen molar-refractivity contribution in [2.24, 2.45) is 17.3 Å². The van der Waals surface area contributed by atoms with Gasteiger partial charge in [0.2, 0.25) is 0 Å². The standard InChI is InChI=1S/C24H42O12/c1-12-16(28)8-23(20(30)31,22(3,4)5)35-19(12)7-15(11-26)34-24(21(32)33)9-17(29)13(2)18(36-24)6-14(27)10-25/h12-19,25-29H,6-11H2,1-5H3,(H,30,31)(H,32,33)/t12?,13?,14-,15+,16?,17?,18?,19?,23?,24?/m0/s1. The van der Waals surface area contributed by atoms with Crippen LogP contribution in [0, 0.1) is 17.3 Å². The van der Waals surface area contributed by atoms with E-state index in [2.05, 4.69) is 0 Å². The molecular formula is C24H42O12. The molecule has 0 aromatic heterocycles. The average Bonchev–Trinajstić information content (AvgIpc) is 2.78. The molecule has 210 valence electrons. The quantitative estimate of drug-likeness (QED) is 0.198. The minimum Gasteiger partial charge on any atom is -0.479 e. The number of carboxylic acid groups (broad SMARTS) is 2. The number of carboxylic acids is 2. The van der Waals surface area contributed by atoms with E-state index in [0.29, 0.717) is 0 Å². The number of ether oxygens (including phenoxy) is 3. The summed E-state index contributed by atoms with van der Waals surface area (Å²) in [4.78, 5) is 24.6. The van der Waals surface area contributed by atoms with Crippen LogP contribution in [0.15, 0.2) is 0 Å². The van der Waals surface area contributed by atoms with Gasteiger partial charge in [0, 0.05) is 42.9 Å². The molecule has 36 heavy (non-hydrogen) atoms. The van der Waals surface area contributed by atoms with Crippen molar-refractivity contribution in [1.29, 1.82) is 0 Å². The number of aliphatic hydroxyl groups excluding tert-OH is 5. The molecule has 0 radical (unpaired) electrons. The van der Waals surface area contributed by atoms with E-state index >= 15 is 0 Å². The maximum atomic E-state index is 12.3. The van der Waals surface area contributed by atoms with E-state index in [0.717, 1.165) is 0 Å². The third-order valence-electron chi connectivity index (χ3n) is 7.71. The predicted molar refractivity (Wildman–Crippen MR) is 124 cm³/mol. The summed E-state index contributed by atoms with van der Waals surface area (Å²) >= 11 is 0. The first kappa shape index (κ1) is 30.8. The Balaban J connectivity index is 2.32. The first-order valence-corrected chi connectivity index (χ1v) is 12.3. The molecule has 0 amide bonds. The van der Waals surface area contributed by atoms with Crippen LogP contribution >= 0.6 is 0 Å². The minimum absolute atomic E-state index is 0.144. The summed E-state index contributed by atoms with van der Waals surface area (Å²) in [6.45, 7) is 7.07. The van der Waals surface area contributed by atoms with Crippen LogP contribution in [-0.2, 0) is 23.8 Å².